The molecule has 0 fully saturated rings. The van der Waals surface area contributed by atoms with Crippen molar-refractivity contribution in [2.75, 3.05) is 13.7 Å². The number of hydrogen-bond donors (Lipinski definition) is 2. The van der Waals surface area contributed by atoms with Crippen molar-refractivity contribution in [3.63, 3.8) is 0 Å². The lowest BCUT2D eigenvalue weighted by molar-refractivity contribution is 0.0422. The van der Waals surface area contributed by atoms with Crippen LogP contribution in [0.2, 0.25) is 0 Å². The number of aromatic hydroxyl groups is 1. The van der Waals surface area contributed by atoms with Gasteiger partial charge in [0.2, 0.25) is 0 Å². The molecule has 0 aliphatic rings. The second-order valence-electron chi connectivity index (χ2n) is 12.8. The average molecular weight is 668 g/mol. The first-order chi connectivity index (χ1) is 23.9. The number of hydrogen-bond acceptors (Lipinski definition) is 5. The normalized spacial score (nSPS) is 12.5. The van der Waals surface area contributed by atoms with Crippen LogP contribution in [-0.4, -0.2) is 36.5 Å². The van der Waals surface area contributed by atoms with Crippen molar-refractivity contribution in [2.45, 2.75) is 104 Å². The highest BCUT2D eigenvalue weighted by Gasteiger charge is 2.15. The highest BCUT2D eigenvalue weighted by molar-refractivity contribution is 6.13. The summed E-state index contributed by atoms with van der Waals surface area (Å²) in [5, 5.41) is 10.5. The van der Waals surface area contributed by atoms with Gasteiger partial charge in [-0.3, -0.25) is 0 Å². The highest BCUT2D eigenvalue weighted by atomic mass is 16.5. The molecule has 1 atom stereocenters. The number of ether oxygens (including phenoxy) is 2. The van der Waals surface area contributed by atoms with Crippen molar-refractivity contribution >= 4 is 23.3 Å². The van der Waals surface area contributed by atoms with Crippen molar-refractivity contribution in [3.8, 4) is 11.5 Å². The summed E-state index contributed by atoms with van der Waals surface area (Å²) in [4.78, 5) is 22.4. The van der Waals surface area contributed by atoms with Crippen LogP contribution in [0.25, 0.3) is 5.70 Å². The third kappa shape index (κ3) is 13.9. The van der Waals surface area contributed by atoms with Crippen LogP contribution in [0.3, 0.4) is 0 Å². The van der Waals surface area contributed by atoms with E-state index in [-0.39, 0.29) is 17.6 Å². The fourth-order valence-electron chi connectivity index (χ4n) is 5.78. The van der Waals surface area contributed by atoms with E-state index in [1.807, 2.05) is 42.5 Å². The molecule has 0 radical (unpaired) electrons. The molecule has 1 unspecified atom stereocenters. The number of nitrogens with zero attached hydrogens (tertiary/aromatic N) is 2. The summed E-state index contributed by atoms with van der Waals surface area (Å²) in [5.41, 5.74) is 9.11. The van der Waals surface area contributed by atoms with Crippen LogP contribution in [0.4, 0.5) is 0 Å². The average Bonchev–Trinajstić information content (AvgIpc) is 3.12. The Hall–Kier alpha value is -4.39. The van der Waals surface area contributed by atoms with Crippen LogP contribution >= 0.6 is 0 Å². The maximum atomic E-state index is 13.1. The fraction of sp³-hybridized carbons (Fsp3) is 0.452. The van der Waals surface area contributed by atoms with Gasteiger partial charge < -0.3 is 20.3 Å². The van der Waals surface area contributed by atoms with Gasteiger partial charge in [0.05, 0.1) is 30.5 Å². The first-order valence-corrected chi connectivity index (χ1v) is 18.2. The smallest absolute Gasteiger partial charge is 0.338 e. The number of amidine groups is 2. The molecular formula is C42H57N3O4. The largest absolute Gasteiger partial charge is 0.507 e. The first-order valence-electron chi connectivity index (χ1n) is 18.2. The minimum atomic E-state index is -0.308. The van der Waals surface area contributed by atoms with Crippen molar-refractivity contribution in [2.24, 2.45) is 21.6 Å². The van der Waals surface area contributed by atoms with E-state index in [9.17, 15) is 9.90 Å². The van der Waals surface area contributed by atoms with E-state index in [0.717, 1.165) is 24.0 Å². The van der Waals surface area contributed by atoms with Crippen molar-refractivity contribution < 1.29 is 19.4 Å². The minimum absolute atomic E-state index is 0.0505. The predicted octanol–water partition coefficient (Wildman–Crippen LogP) is 10.5. The third-order valence-electron chi connectivity index (χ3n) is 8.82. The molecule has 0 spiro atoms. The van der Waals surface area contributed by atoms with Crippen molar-refractivity contribution in [3.05, 3.63) is 102 Å². The molecule has 3 aromatic rings. The van der Waals surface area contributed by atoms with Gasteiger partial charge in [0.25, 0.3) is 0 Å². The number of nitrogens with two attached hydrogens (primary N) is 1. The highest BCUT2D eigenvalue weighted by Crippen LogP contribution is 2.25. The molecular weight excluding hydrogens is 610 g/mol. The zero-order chi connectivity index (χ0) is 35.3. The van der Waals surface area contributed by atoms with Crippen LogP contribution in [-0.2, 0) is 4.74 Å². The van der Waals surface area contributed by atoms with Gasteiger partial charge in [0.15, 0.2) is 5.84 Å². The standard InChI is InChI=1S/C42H57N3O4/c1-5-7-9-11-12-14-17-21-33(20-16-13-10-8-6-2)31-49-42(47)36-26-24-34(25-27-36)32(3)44-41(35-22-18-15-19-23-35)45-40(43)38-29-28-37(48-4)30-39(38)46/h15,18-19,22-30,33,46H,3,5-14,16-17,20-21,31H2,1-2,4H3,(H2,43,44,45). The summed E-state index contributed by atoms with van der Waals surface area (Å²) in [6, 6.07) is 21.4. The summed E-state index contributed by atoms with van der Waals surface area (Å²) >= 11 is 0. The fourth-order valence-corrected chi connectivity index (χ4v) is 5.78. The molecule has 0 amide bonds. The zero-order valence-electron chi connectivity index (χ0n) is 30.0. The number of esters is 1. The van der Waals surface area contributed by atoms with Gasteiger partial charge in [-0.2, -0.15) is 0 Å². The summed E-state index contributed by atoms with van der Waals surface area (Å²) in [5.74, 6) is 0.985. The van der Waals surface area contributed by atoms with E-state index >= 15 is 0 Å². The van der Waals surface area contributed by atoms with Crippen LogP contribution in [0.5, 0.6) is 11.5 Å². The van der Waals surface area contributed by atoms with Gasteiger partial charge in [-0.1, -0.05) is 140 Å². The van der Waals surface area contributed by atoms with Gasteiger partial charge in [-0.15, -0.1) is 0 Å². The molecule has 0 saturated carbocycles. The van der Waals surface area contributed by atoms with Gasteiger partial charge in [-0.05, 0) is 48.6 Å². The maximum Gasteiger partial charge on any atom is 0.338 e. The summed E-state index contributed by atoms with van der Waals surface area (Å²) in [7, 11) is 1.53. The molecule has 0 bridgehead atoms. The van der Waals surface area contributed by atoms with Crippen LogP contribution in [0.1, 0.15) is 131 Å². The molecule has 0 saturated heterocycles. The molecule has 49 heavy (non-hydrogen) atoms. The number of phenols is 1. The van der Waals surface area contributed by atoms with Crippen LogP contribution in [0.15, 0.2) is 89.4 Å². The first kappa shape index (κ1) is 39.1. The molecule has 3 aromatic carbocycles. The van der Waals surface area contributed by atoms with E-state index in [4.69, 9.17) is 20.2 Å². The summed E-state index contributed by atoms with van der Waals surface area (Å²) in [6.45, 7) is 9.12. The van der Waals surface area contributed by atoms with Crippen molar-refractivity contribution in [1.82, 2.24) is 0 Å². The molecule has 0 aliphatic heterocycles. The van der Waals surface area contributed by atoms with E-state index in [0.29, 0.717) is 40.9 Å². The Bertz CT molecular complexity index is 1480. The Morgan fingerprint density at radius 3 is 1.90 bits per heavy atom. The molecule has 3 rings (SSSR count). The number of carbonyl (C=O) groups is 1. The minimum Gasteiger partial charge on any atom is -0.507 e. The topological polar surface area (TPSA) is 107 Å². The van der Waals surface area contributed by atoms with E-state index in [1.54, 1.807) is 24.3 Å². The van der Waals surface area contributed by atoms with Crippen molar-refractivity contribution in [1.29, 1.82) is 0 Å². The number of aliphatic imine (C=N–C) groups is 2. The quantitative estimate of drug-likeness (QED) is 0.0480. The Balaban J connectivity index is 1.66. The zero-order valence-corrected chi connectivity index (χ0v) is 30.0. The molecule has 3 N–H and O–H groups in total. The number of rotatable bonds is 22. The maximum absolute atomic E-state index is 13.1. The van der Waals surface area contributed by atoms with Gasteiger partial charge in [0, 0.05) is 11.6 Å². The predicted molar refractivity (Wildman–Crippen MR) is 204 cm³/mol. The van der Waals surface area contributed by atoms with E-state index < -0.39 is 0 Å². The third-order valence-corrected chi connectivity index (χ3v) is 8.82. The van der Waals surface area contributed by atoms with Crippen LogP contribution < -0.4 is 10.5 Å². The molecule has 7 heteroatoms. The lowest BCUT2D eigenvalue weighted by Crippen LogP contribution is -2.16. The number of unbranched alkanes of at least 4 members (excludes halogenated alkanes) is 10. The SMILES string of the molecule is C=C(N=C(N=C(N)c1ccc(OC)cc1O)c1ccccc1)c1ccc(C(=O)OCC(CCCCCCC)CCCCCCCCC)cc1. The Morgan fingerprint density at radius 1 is 0.755 bits per heavy atom. The summed E-state index contributed by atoms with van der Waals surface area (Å²) < 4.78 is 11.0. The van der Waals surface area contributed by atoms with Gasteiger partial charge >= 0.3 is 5.97 Å². The van der Waals surface area contributed by atoms with Gasteiger partial charge in [-0.25, -0.2) is 14.8 Å². The second kappa shape index (κ2) is 22.3. The lowest BCUT2D eigenvalue weighted by atomic mass is 9.95. The molecule has 264 valence electrons. The Kier molecular flexibility index (Phi) is 17.8. The summed E-state index contributed by atoms with van der Waals surface area (Å²) in [6.07, 6.45) is 17.5. The van der Waals surface area contributed by atoms with E-state index in [2.05, 4.69) is 25.4 Å². The monoisotopic (exact) mass is 667 g/mol. The second-order valence-corrected chi connectivity index (χ2v) is 12.8. The molecule has 7 nitrogen and oxygen atoms in total. The number of phenolic OH excluding ortho intramolecular Hbond substituents is 1. The molecule has 0 aliphatic carbocycles. The van der Waals surface area contributed by atoms with Crippen LogP contribution in [0, 0.1) is 5.92 Å². The Labute approximate surface area is 294 Å². The number of benzene rings is 3. The van der Waals surface area contributed by atoms with Gasteiger partial charge in [0.1, 0.15) is 17.3 Å². The Morgan fingerprint density at radius 2 is 1.33 bits per heavy atom. The number of methoxy groups -OCH3 is 1. The molecule has 0 aromatic heterocycles. The van der Waals surface area contributed by atoms with E-state index in [1.165, 1.54) is 90.2 Å². The molecule has 0 heterocycles. The lowest BCUT2D eigenvalue weighted by Gasteiger charge is -2.17. The number of carbonyl (C=O) groups excluding carboxylic acids is 1.